The first kappa shape index (κ1) is 18.5. The van der Waals surface area contributed by atoms with Gasteiger partial charge in [0, 0.05) is 36.6 Å². The fourth-order valence-electron chi connectivity index (χ4n) is 3.65. The van der Waals surface area contributed by atoms with Crippen molar-refractivity contribution < 1.29 is 14.1 Å². The highest BCUT2D eigenvalue weighted by Crippen LogP contribution is 2.29. The molecule has 1 fully saturated rings. The van der Waals surface area contributed by atoms with Crippen LogP contribution in [0.2, 0.25) is 0 Å². The van der Waals surface area contributed by atoms with Crippen LogP contribution in [-0.2, 0) is 4.74 Å². The topological polar surface area (TPSA) is 94.5 Å². The van der Waals surface area contributed by atoms with Gasteiger partial charge in [-0.15, -0.1) is 0 Å². The quantitative estimate of drug-likeness (QED) is 0.556. The average molecular weight is 403 g/mol. The van der Waals surface area contributed by atoms with Crippen LogP contribution in [0.1, 0.15) is 40.7 Å². The Hall–Kier alpha value is -3.52. The SMILES string of the molecule is Cc1ccc(-c2noc(C3CCOCC3)n2)cc1NC(=O)c1cnc2ccccn12. The third kappa shape index (κ3) is 3.46. The third-order valence-electron chi connectivity index (χ3n) is 5.41. The van der Waals surface area contributed by atoms with E-state index in [4.69, 9.17) is 9.26 Å². The number of anilines is 1. The lowest BCUT2D eigenvalue weighted by molar-refractivity contribution is 0.0778. The minimum absolute atomic E-state index is 0.232. The zero-order valence-electron chi connectivity index (χ0n) is 16.5. The first-order valence-electron chi connectivity index (χ1n) is 9.95. The normalized spacial score (nSPS) is 14.8. The van der Waals surface area contributed by atoms with Crippen LogP contribution in [0.25, 0.3) is 17.0 Å². The maximum atomic E-state index is 12.9. The average Bonchev–Trinajstić information content (AvgIpc) is 3.43. The number of carbonyl (C=O) groups is 1. The van der Waals surface area contributed by atoms with Crippen LogP contribution < -0.4 is 5.32 Å². The molecule has 1 N–H and O–H groups in total. The van der Waals surface area contributed by atoms with Gasteiger partial charge in [-0.05, 0) is 43.5 Å². The van der Waals surface area contributed by atoms with E-state index in [1.54, 1.807) is 10.6 Å². The van der Waals surface area contributed by atoms with Gasteiger partial charge in [-0.2, -0.15) is 4.98 Å². The van der Waals surface area contributed by atoms with E-state index in [9.17, 15) is 4.79 Å². The molecule has 152 valence electrons. The Morgan fingerprint density at radius 2 is 2.07 bits per heavy atom. The molecule has 1 aliphatic heterocycles. The number of pyridine rings is 1. The second-order valence-electron chi connectivity index (χ2n) is 7.40. The number of nitrogens with one attached hydrogen (secondary N) is 1. The van der Waals surface area contributed by atoms with Gasteiger partial charge in [0.25, 0.3) is 5.91 Å². The van der Waals surface area contributed by atoms with Crippen molar-refractivity contribution in [3.8, 4) is 11.4 Å². The molecule has 30 heavy (non-hydrogen) atoms. The van der Waals surface area contributed by atoms with E-state index in [2.05, 4.69) is 20.4 Å². The van der Waals surface area contributed by atoms with E-state index in [0.717, 1.165) is 29.6 Å². The van der Waals surface area contributed by atoms with E-state index in [1.165, 1.54) is 0 Å². The first-order valence-corrected chi connectivity index (χ1v) is 9.95. The first-order chi connectivity index (χ1) is 14.7. The van der Waals surface area contributed by atoms with Crippen LogP contribution in [0.15, 0.2) is 53.3 Å². The van der Waals surface area contributed by atoms with Crippen molar-refractivity contribution in [2.24, 2.45) is 0 Å². The largest absolute Gasteiger partial charge is 0.381 e. The van der Waals surface area contributed by atoms with Crippen LogP contribution in [0.3, 0.4) is 0 Å². The minimum Gasteiger partial charge on any atom is -0.381 e. The van der Waals surface area contributed by atoms with Gasteiger partial charge in [-0.3, -0.25) is 9.20 Å². The zero-order chi connectivity index (χ0) is 20.5. The molecule has 0 spiro atoms. The number of fused-ring (bicyclic) bond motifs is 1. The lowest BCUT2D eigenvalue weighted by atomic mass is 10.0. The summed E-state index contributed by atoms with van der Waals surface area (Å²) in [5, 5.41) is 7.13. The number of benzene rings is 1. The highest BCUT2D eigenvalue weighted by atomic mass is 16.5. The van der Waals surface area contributed by atoms with Gasteiger partial charge in [0.1, 0.15) is 11.3 Å². The Kier molecular flexibility index (Phi) is 4.76. The zero-order valence-corrected chi connectivity index (χ0v) is 16.5. The molecule has 0 radical (unpaired) electrons. The third-order valence-corrected chi connectivity index (χ3v) is 5.41. The number of aromatic nitrogens is 4. The fourth-order valence-corrected chi connectivity index (χ4v) is 3.65. The lowest BCUT2D eigenvalue weighted by Gasteiger charge is -2.17. The number of aryl methyl sites for hydroxylation is 1. The molecule has 4 aromatic rings. The Morgan fingerprint density at radius 1 is 1.20 bits per heavy atom. The van der Waals surface area contributed by atoms with Gasteiger partial charge in [-0.25, -0.2) is 4.98 Å². The van der Waals surface area contributed by atoms with Crippen molar-refractivity contribution >= 4 is 17.2 Å². The van der Waals surface area contributed by atoms with E-state index < -0.39 is 0 Å². The van der Waals surface area contributed by atoms with Gasteiger partial charge >= 0.3 is 0 Å². The second-order valence-corrected chi connectivity index (χ2v) is 7.40. The van der Waals surface area contributed by atoms with Crippen molar-refractivity contribution in [3.05, 3.63) is 65.9 Å². The Labute approximate surface area is 172 Å². The summed E-state index contributed by atoms with van der Waals surface area (Å²) in [7, 11) is 0. The number of hydrogen-bond donors (Lipinski definition) is 1. The summed E-state index contributed by atoms with van der Waals surface area (Å²) < 4.78 is 12.7. The van der Waals surface area contributed by atoms with E-state index in [0.29, 0.717) is 36.3 Å². The molecule has 8 heteroatoms. The van der Waals surface area contributed by atoms with E-state index in [1.807, 2.05) is 49.5 Å². The smallest absolute Gasteiger partial charge is 0.274 e. The van der Waals surface area contributed by atoms with E-state index in [-0.39, 0.29) is 11.8 Å². The Balaban J connectivity index is 1.40. The molecule has 1 aliphatic rings. The molecule has 5 rings (SSSR count). The monoisotopic (exact) mass is 403 g/mol. The summed E-state index contributed by atoms with van der Waals surface area (Å²) in [6.07, 6.45) is 5.16. The van der Waals surface area contributed by atoms with Crippen LogP contribution in [-0.4, -0.2) is 38.6 Å². The van der Waals surface area contributed by atoms with Crippen LogP contribution in [0, 0.1) is 6.92 Å². The van der Waals surface area contributed by atoms with E-state index >= 15 is 0 Å². The highest BCUT2D eigenvalue weighted by Gasteiger charge is 2.22. The summed E-state index contributed by atoms with van der Waals surface area (Å²) in [6, 6.07) is 11.3. The van der Waals surface area contributed by atoms with Gasteiger partial charge in [0.05, 0.1) is 6.20 Å². The predicted molar refractivity (Wildman–Crippen MR) is 110 cm³/mol. The number of amides is 1. The van der Waals surface area contributed by atoms with Gasteiger partial charge in [0.2, 0.25) is 11.7 Å². The number of hydrogen-bond acceptors (Lipinski definition) is 6. The molecular weight excluding hydrogens is 382 g/mol. The van der Waals surface area contributed by atoms with Gasteiger partial charge in [-0.1, -0.05) is 23.4 Å². The molecule has 0 saturated carbocycles. The van der Waals surface area contributed by atoms with Crippen LogP contribution >= 0.6 is 0 Å². The number of ether oxygens (including phenoxy) is 1. The maximum absolute atomic E-state index is 12.9. The molecule has 1 saturated heterocycles. The Morgan fingerprint density at radius 3 is 2.93 bits per heavy atom. The van der Waals surface area contributed by atoms with Crippen LogP contribution in [0.4, 0.5) is 5.69 Å². The van der Waals surface area contributed by atoms with Gasteiger partial charge in [0.15, 0.2) is 0 Å². The van der Waals surface area contributed by atoms with Crippen molar-refractivity contribution in [1.82, 2.24) is 19.5 Å². The predicted octanol–water partition coefficient (Wildman–Crippen LogP) is 3.84. The summed E-state index contributed by atoms with van der Waals surface area (Å²) >= 11 is 0. The summed E-state index contributed by atoms with van der Waals surface area (Å²) in [5.41, 5.74) is 3.61. The van der Waals surface area contributed by atoms with Crippen molar-refractivity contribution in [3.63, 3.8) is 0 Å². The molecule has 1 amide bonds. The van der Waals surface area contributed by atoms with Crippen molar-refractivity contribution in [1.29, 1.82) is 0 Å². The van der Waals surface area contributed by atoms with Crippen molar-refractivity contribution in [2.75, 3.05) is 18.5 Å². The second kappa shape index (κ2) is 7.72. The van der Waals surface area contributed by atoms with Gasteiger partial charge < -0.3 is 14.6 Å². The Bertz CT molecular complexity index is 1210. The summed E-state index contributed by atoms with van der Waals surface area (Å²) in [4.78, 5) is 21.7. The minimum atomic E-state index is -0.232. The molecule has 3 aromatic heterocycles. The molecule has 0 atom stereocenters. The molecule has 4 heterocycles. The molecule has 0 aliphatic carbocycles. The van der Waals surface area contributed by atoms with Crippen molar-refractivity contribution in [2.45, 2.75) is 25.7 Å². The maximum Gasteiger partial charge on any atom is 0.274 e. The summed E-state index contributed by atoms with van der Waals surface area (Å²) in [5.74, 6) is 1.16. The molecule has 8 nitrogen and oxygen atoms in total. The molecular formula is C22H21N5O3. The highest BCUT2D eigenvalue weighted by molar-refractivity contribution is 6.04. The number of imidazole rings is 1. The standard InChI is InChI=1S/C22H21N5O3/c1-14-5-6-16(20-25-22(30-26-20)15-7-10-29-11-8-15)12-17(14)24-21(28)18-13-23-19-4-2-3-9-27(18)19/h2-6,9,12-13,15H,7-8,10-11H2,1H3,(H,24,28). The molecule has 1 aromatic carbocycles. The number of nitrogens with zero attached hydrogens (tertiary/aromatic N) is 4. The number of carbonyl (C=O) groups excluding carboxylic acids is 1. The van der Waals surface area contributed by atoms with Crippen LogP contribution in [0.5, 0.6) is 0 Å². The summed E-state index contributed by atoms with van der Waals surface area (Å²) in [6.45, 7) is 3.37. The molecule has 0 unspecified atom stereocenters. The lowest BCUT2D eigenvalue weighted by Crippen LogP contribution is -2.15. The fraction of sp³-hybridized carbons (Fsp3) is 0.273. The molecule has 0 bridgehead atoms. The number of rotatable bonds is 4.